The second kappa shape index (κ2) is 11.6. The molecule has 2 aromatic carbocycles. The van der Waals surface area contributed by atoms with Crippen molar-refractivity contribution < 1.29 is 13.9 Å². The monoisotopic (exact) mass is 464 g/mol. The zero-order valence-corrected chi connectivity index (χ0v) is 20.1. The van der Waals surface area contributed by atoms with Crippen molar-refractivity contribution in [3.8, 4) is 0 Å². The Kier molecular flexibility index (Phi) is 8.60. The van der Waals surface area contributed by atoms with Crippen LogP contribution in [0.1, 0.15) is 39.9 Å². The number of rotatable bonds is 7. The Hall–Kier alpha value is -3.45. The molecule has 0 saturated heterocycles. The smallest absolute Gasteiger partial charge is 0.193 e. The maximum Gasteiger partial charge on any atom is 0.193 e. The highest BCUT2D eigenvalue weighted by molar-refractivity contribution is 6.10. The lowest BCUT2D eigenvalue weighted by Gasteiger charge is -2.14. The van der Waals surface area contributed by atoms with Gasteiger partial charge in [-0.15, -0.1) is 0 Å². The molecule has 3 N–H and O–H groups in total. The molecule has 7 heteroatoms. The van der Waals surface area contributed by atoms with Crippen molar-refractivity contribution in [1.29, 1.82) is 5.41 Å². The minimum Gasteiger partial charge on any atom is -0.482 e. The number of aldehydes is 1. The number of nitrogens with one attached hydrogen (secondary N) is 1. The second-order valence-electron chi connectivity index (χ2n) is 8.68. The number of hydrogen-bond acceptors (Lipinski definition) is 5. The molecule has 4 rings (SSSR count). The number of fused-ring (bicyclic) bond motifs is 2. The van der Waals surface area contributed by atoms with E-state index in [-0.39, 0.29) is 11.7 Å². The molecule has 0 spiro atoms. The quantitative estimate of drug-likeness (QED) is 0.303. The lowest BCUT2D eigenvalue weighted by molar-refractivity contribution is 0.112. The third-order valence-corrected chi connectivity index (χ3v) is 6.08. The van der Waals surface area contributed by atoms with Gasteiger partial charge in [-0.3, -0.25) is 4.79 Å². The van der Waals surface area contributed by atoms with E-state index >= 15 is 0 Å². The molecule has 0 atom stereocenters. The summed E-state index contributed by atoms with van der Waals surface area (Å²) in [5.74, 6) is 0.104. The highest BCUT2D eigenvalue weighted by atomic mass is 19.1. The molecule has 1 aliphatic carbocycles. The molecule has 0 saturated carbocycles. The first-order chi connectivity index (χ1) is 16.4. The second-order valence-corrected chi connectivity index (χ2v) is 8.68. The normalized spacial score (nSPS) is 13.6. The van der Waals surface area contributed by atoms with Gasteiger partial charge < -0.3 is 25.3 Å². The van der Waals surface area contributed by atoms with Crippen LogP contribution in [0.15, 0.2) is 48.5 Å². The first-order valence-corrected chi connectivity index (χ1v) is 11.4. The van der Waals surface area contributed by atoms with E-state index in [0.29, 0.717) is 11.1 Å². The van der Waals surface area contributed by atoms with Crippen LogP contribution >= 0.6 is 0 Å². The Morgan fingerprint density at radius 1 is 1.18 bits per heavy atom. The predicted molar refractivity (Wildman–Crippen MR) is 136 cm³/mol. The van der Waals surface area contributed by atoms with Crippen LogP contribution in [0.25, 0.3) is 16.5 Å². The first-order valence-electron chi connectivity index (χ1n) is 11.4. The molecule has 6 nitrogen and oxygen atoms in total. The summed E-state index contributed by atoms with van der Waals surface area (Å²) in [6.45, 7) is 1.63. The van der Waals surface area contributed by atoms with Gasteiger partial charge in [0.25, 0.3) is 0 Å². The number of aromatic nitrogens is 1. The number of nitrogens with zero attached hydrogens (tertiary/aromatic N) is 2. The number of likely N-dealkylation sites (N-methyl/N-ethyl adjacent to an activating group) is 1. The van der Waals surface area contributed by atoms with E-state index in [2.05, 4.69) is 4.90 Å². The highest BCUT2D eigenvalue weighted by Crippen LogP contribution is 2.25. The molecular formula is C27H33FN4O2. The number of hydrogen-bond donors (Lipinski definition) is 2. The molecule has 34 heavy (non-hydrogen) atoms. The molecule has 0 amide bonds. The van der Waals surface area contributed by atoms with E-state index in [9.17, 15) is 9.18 Å². The zero-order chi connectivity index (χ0) is 24.7. The maximum atomic E-state index is 12.7. The number of ether oxygens (including phenoxy) is 1. The van der Waals surface area contributed by atoms with Crippen molar-refractivity contribution >= 4 is 29.0 Å². The van der Waals surface area contributed by atoms with Gasteiger partial charge in [0.1, 0.15) is 5.82 Å². The van der Waals surface area contributed by atoms with Crippen molar-refractivity contribution in [2.45, 2.75) is 32.2 Å². The van der Waals surface area contributed by atoms with Gasteiger partial charge in [-0.2, -0.15) is 0 Å². The summed E-state index contributed by atoms with van der Waals surface area (Å²) in [7, 11) is 5.49. The SMILES string of the molecule is CO/C(N)=C(/C=N)c1ccc2c(C=O)cn(CCN(C)C)c2c1.Fc1ccc2c(c1)CCCC2. The fraction of sp³-hybridized carbons (Fsp3) is 0.333. The molecule has 0 fully saturated rings. The van der Waals surface area contributed by atoms with Gasteiger partial charge in [0.05, 0.1) is 12.7 Å². The molecule has 0 aliphatic heterocycles. The average molecular weight is 465 g/mol. The summed E-state index contributed by atoms with van der Waals surface area (Å²) in [4.78, 5) is 13.4. The Bertz CT molecular complexity index is 1200. The first kappa shape index (κ1) is 25.2. The van der Waals surface area contributed by atoms with E-state index in [4.69, 9.17) is 15.9 Å². The van der Waals surface area contributed by atoms with Crippen LogP contribution in [0.2, 0.25) is 0 Å². The average Bonchev–Trinajstić information content (AvgIpc) is 3.20. The van der Waals surface area contributed by atoms with Gasteiger partial charge in [0.15, 0.2) is 12.2 Å². The Labute approximate surface area is 200 Å². The van der Waals surface area contributed by atoms with E-state index in [0.717, 1.165) is 48.7 Å². The number of methoxy groups -OCH3 is 1. The topological polar surface area (TPSA) is 84.3 Å². The van der Waals surface area contributed by atoms with Crippen molar-refractivity contribution in [3.63, 3.8) is 0 Å². The van der Waals surface area contributed by atoms with Crippen LogP contribution in [0, 0.1) is 11.2 Å². The van der Waals surface area contributed by atoms with Crippen LogP contribution < -0.4 is 5.73 Å². The lowest BCUT2D eigenvalue weighted by Crippen LogP contribution is -2.18. The molecule has 0 unspecified atom stereocenters. The van der Waals surface area contributed by atoms with Crippen molar-refractivity contribution in [3.05, 3.63) is 76.5 Å². The molecule has 1 aromatic heterocycles. The van der Waals surface area contributed by atoms with E-state index in [1.807, 2.05) is 49.1 Å². The third kappa shape index (κ3) is 5.91. The summed E-state index contributed by atoms with van der Waals surface area (Å²) in [5, 5.41) is 8.45. The summed E-state index contributed by atoms with van der Waals surface area (Å²) >= 11 is 0. The largest absolute Gasteiger partial charge is 0.482 e. The number of aryl methyl sites for hydroxylation is 2. The minimum atomic E-state index is -0.0920. The Balaban J connectivity index is 0.000000243. The van der Waals surface area contributed by atoms with Crippen molar-refractivity contribution in [2.75, 3.05) is 27.7 Å². The Morgan fingerprint density at radius 3 is 2.56 bits per heavy atom. The van der Waals surface area contributed by atoms with E-state index in [1.54, 1.807) is 12.1 Å². The minimum absolute atomic E-state index is 0.0920. The van der Waals surface area contributed by atoms with Crippen molar-refractivity contribution in [1.82, 2.24) is 9.47 Å². The van der Waals surface area contributed by atoms with Gasteiger partial charge in [0, 0.05) is 42.0 Å². The number of benzene rings is 2. The summed E-state index contributed by atoms with van der Waals surface area (Å²) in [5.41, 5.74) is 11.3. The summed E-state index contributed by atoms with van der Waals surface area (Å²) < 4.78 is 19.8. The molecule has 1 heterocycles. The fourth-order valence-corrected chi connectivity index (χ4v) is 4.18. The standard InChI is InChI=1S/C17H22N4O2.C10H11F/c1-20(2)6-7-21-10-13(11-22)14-5-4-12(8-16(14)21)15(9-18)17(19)23-3;11-10-6-5-8-3-1-2-4-9(8)7-10/h4-5,8-11,18H,6-7,19H2,1-3H3;5-7H,1-4H2/b17-15-,18-9?;. The molecule has 0 radical (unpaired) electrons. The van der Waals surface area contributed by atoms with E-state index < -0.39 is 0 Å². The van der Waals surface area contributed by atoms with Gasteiger partial charge in [-0.05, 0) is 74.7 Å². The highest BCUT2D eigenvalue weighted by Gasteiger charge is 2.12. The van der Waals surface area contributed by atoms with Crippen molar-refractivity contribution in [2.24, 2.45) is 5.73 Å². The number of halogens is 1. The maximum absolute atomic E-state index is 12.7. The molecular weight excluding hydrogens is 431 g/mol. The van der Waals surface area contributed by atoms with Crippen LogP contribution in [0.5, 0.6) is 0 Å². The van der Waals surface area contributed by atoms with Crippen LogP contribution in [-0.2, 0) is 24.1 Å². The summed E-state index contributed by atoms with van der Waals surface area (Å²) in [6, 6.07) is 10.8. The summed E-state index contributed by atoms with van der Waals surface area (Å²) in [6.07, 6.45) is 8.58. The molecule has 180 valence electrons. The lowest BCUT2D eigenvalue weighted by atomic mass is 9.92. The van der Waals surface area contributed by atoms with Gasteiger partial charge in [0.2, 0.25) is 0 Å². The predicted octanol–water partition coefficient (Wildman–Crippen LogP) is 4.64. The molecule has 0 bridgehead atoms. The Morgan fingerprint density at radius 2 is 1.91 bits per heavy atom. The zero-order valence-electron chi connectivity index (χ0n) is 20.1. The van der Waals surface area contributed by atoms with Crippen LogP contribution in [-0.4, -0.2) is 49.7 Å². The van der Waals surface area contributed by atoms with Crippen LogP contribution in [0.3, 0.4) is 0 Å². The van der Waals surface area contributed by atoms with Crippen LogP contribution in [0.4, 0.5) is 4.39 Å². The number of carbonyl (C=O) groups excluding carboxylic acids is 1. The van der Waals surface area contributed by atoms with Gasteiger partial charge in [-0.25, -0.2) is 4.39 Å². The molecule has 3 aromatic rings. The van der Waals surface area contributed by atoms with Gasteiger partial charge >= 0.3 is 0 Å². The third-order valence-electron chi connectivity index (χ3n) is 6.08. The number of nitrogens with two attached hydrogens (primary N) is 1. The fourth-order valence-electron chi connectivity index (χ4n) is 4.18. The molecule has 1 aliphatic rings. The number of allylic oxidation sites excluding steroid dienone is 1. The number of carbonyl (C=O) groups is 1. The van der Waals surface area contributed by atoms with E-state index in [1.165, 1.54) is 37.3 Å². The van der Waals surface area contributed by atoms with Gasteiger partial charge in [-0.1, -0.05) is 18.2 Å².